The molecular formula is C12H13IN2O2S. The van der Waals surface area contributed by atoms with Crippen molar-refractivity contribution >= 4 is 39.8 Å². The number of carbonyl (C=O) groups excluding carboxylic acids is 1. The van der Waals surface area contributed by atoms with Gasteiger partial charge in [0.05, 0.1) is 9.99 Å². The SMILES string of the molecule is CON(C)C(=O)c1cccn1Cc1ccsc1I. The van der Waals surface area contributed by atoms with Crippen LogP contribution in [0.15, 0.2) is 29.8 Å². The minimum atomic E-state index is -0.146. The van der Waals surface area contributed by atoms with Gasteiger partial charge in [0, 0.05) is 19.8 Å². The summed E-state index contributed by atoms with van der Waals surface area (Å²) in [4.78, 5) is 17.0. The Morgan fingerprint density at radius 2 is 2.33 bits per heavy atom. The van der Waals surface area contributed by atoms with Gasteiger partial charge < -0.3 is 4.57 Å². The van der Waals surface area contributed by atoms with Crippen molar-refractivity contribution in [3.8, 4) is 0 Å². The third kappa shape index (κ3) is 2.76. The number of hydrogen-bond donors (Lipinski definition) is 0. The van der Waals surface area contributed by atoms with Gasteiger partial charge in [-0.15, -0.1) is 11.3 Å². The Morgan fingerprint density at radius 1 is 1.56 bits per heavy atom. The minimum absolute atomic E-state index is 0.146. The number of thiophene rings is 1. The predicted molar refractivity (Wildman–Crippen MR) is 79.7 cm³/mol. The van der Waals surface area contributed by atoms with Crippen molar-refractivity contribution in [2.45, 2.75) is 6.54 Å². The first-order valence-electron chi connectivity index (χ1n) is 5.32. The molecule has 6 heteroatoms. The van der Waals surface area contributed by atoms with Gasteiger partial charge in [-0.1, -0.05) is 0 Å². The summed E-state index contributed by atoms with van der Waals surface area (Å²) in [5.74, 6) is -0.146. The lowest BCUT2D eigenvalue weighted by atomic mass is 10.3. The maximum Gasteiger partial charge on any atom is 0.293 e. The Bertz CT molecular complexity index is 550. The summed E-state index contributed by atoms with van der Waals surface area (Å²) in [6.45, 7) is 0.702. The van der Waals surface area contributed by atoms with Gasteiger partial charge in [0.1, 0.15) is 5.69 Å². The summed E-state index contributed by atoms with van der Waals surface area (Å²) < 4.78 is 3.18. The first-order valence-corrected chi connectivity index (χ1v) is 7.28. The van der Waals surface area contributed by atoms with Crippen LogP contribution in [0.3, 0.4) is 0 Å². The highest BCUT2D eigenvalue weighted by Crippen LogP contribution is 2.20. The van der Waals surface area contributed by atoms with Gasteiger partial charge in [-0.05, 0) is 51.7 Å². The largest absolute Gasteiger partial charge is 0.339 e. The summed E-state index contributed by atoms with van der Waals surface area (Å²) in [6.07, 6.45) is 1.91. The van der Waals surface area contributed by atoms with E-state index in [1.807, 2.05) is 16.8 Å². The van der Waals surface area contributed by atoms with Crippen molar-refractivity contribution in [2.75, 3.05) is 14.2 Å². The first-order chi connectivity index (χ1) is 8.63. The lowest BCUT2D eigenvalue weighted by molar-refractivity contribution is -0.0762. The Balaban J connectivity index is 2.23. The third-order valence-electron chi connectivity index (χ3n) is 2.64. The van der Waals surface area contributed by atoms with Gasteiger partial charge in [0.2, 0.25) is 0 Å². The van der Waals surface area contributed by atoms with Crippen molar-refractivity contribution in [3.05, 3.63) is 43.9 Å². The molecule has 0 radical (unpaired) electrons. The van der Waals surface area contributed by atoms with Gasteiger partial charge in [0.15, 0.2) is 0 Å². The molecule has 0 aliphatic heterocycles. The Hall–Kier alpha value is -0.860. The molecule has 0 unspecified atom stereocenters. The van der Waals surface area contributed by atoms with E-state index in [1.54, 1.807) is 24.5 Å². The quantitative estimate of drug-likeness (QED) is 0.608. The Kier molecular flexibility index (Phi) is 4.41. The van der Waals surface area contributed by atoms with Gasteiger partial charge >= 0.3 is 0 Å². The highest BCUT2D eigenvalue weighted by atomic mass is 127. The number of amides is 1. The molecule has 0 aliphatic carbocycles. The summed E-state index contributed by atoms with van der Waals surface area (Å²) in [7, 11) is 3.08. The molecule has 0 bridgehead atoms. The van der Waals surface area contributed by atoms with E-state index in [1.165, 1.54) is 20.6 Å². The standard InChI is InChI=1S/C12H13IN2O2S/c1-14(17-2)12(16)10-4-3-6-15(10)8-9-5-7-18-11(9)13/h3-7H,8H2,1-2H3. The normalized spacial score (nSPS) is 10.6. The molecule has 96 valence electrons. The number of hydrogen-bond acceptors (Lipinski definition) is 3. The summed E-state index contributed by atoms with van der Waals surface area (Å²) in [6, 6.07) is 5.76. The summed E-state index contributed by atoms with van der Waals surface area (Å²) in [5, 5.41) is 3.29. The number of rotatable bonds is 4. The topological polar surface area (TPSA) is 34.5 Å². The van der Waals surface area contributed by atoms with Crippen LogP contribution < -0.4 is 0 Å². The van der Waals surface area contributed by atoms with Crippen LogP contribution in [0.5, 0.6) is 0 Å². The van der Waals surface area contributed by atoms with Gasteiger partial charge in [-0.25, -0.2) is 5.06 Å². The van der Waals surface area contributed by atoms with Crippen LogP contribution in [0.2, 0.25) is 0 Å². The maximum absolute atomic E-state index is 12.1. The van der Waals surface area contributed by atoms with E-state index in [4.69, 9.17) is 4.84 Å². The molecule has 0 fully saturated rings. The van der Waals surface area contributed by atoms with Crippen LogP contribution >= 0.6 is 33.9 Å². The Labute approximate surface area is 123 Å². The van der Waals surface area contributed by atoms with E-state index in [2.05, 4.69) is 34.0 Å². The molecule has 2 aromatic heterocycles. The highest BCUT2D eigenvalue weighted by Gasteiger charge is 2.16. The van der Waals surface area contributed by atoms with Gasteiger partial charge in [-0.2, -0.15) is 0 Å². The summed E-state index contributed by atoms with van der Waals surface area (Å²) >= 11 is 4.02. The average Bonchev–Trinajstić information content (AvgIpc) is 2.98. The molecule has 2 aromatic rings. The van der Waals surface area contributed by atoms with E-state index in [9.17, 15) is 4.79 Å². The minimum Gasteiger partial charge on any atom is -0.339 e. The highest BCUT2D eigenvalue weighted by molar-refractivity contribution is 14.1. The lowest BCUT2D eigenvalue weighted by Crippen LogP contribution is -2.27. The fraction of sp³-hybridized carbons (Fsp3) is 0.250. The van der Waals surface area contributed by atoms with Crippen molar-refractivity contribution in [2.24, 2.45) is 0 Å². The zero-order valence-electron chi connectivity index (χ0n) is 10.1. The van der Waals surface area contributed by atoms with Crippen molar-refractivity contribution in [1.29, 1.82) is 0 Å². The molecule has 0 atom stereocenters. The van der Waals surface area contributed by atoms with E-state index in [0.29, 0.717) is 12.2 Å². The number of nitrogens with zero attached hydrogens (tertiary/aromatic N) is 2. The van der Waals surface area contributed by atoms with E-state index in [0.717, 1.165) is 0 Å². The molecule has 4 nitrogen and oxygen atoms in total. The second kappa shape index (κ2) is 5.85. The smallest absolute Gasteiger partial charge is 0.293 e. The maximum atomic E-state index is 12.1. The number of aromatic nitrogens is 1. The fourth-order valence-corrected chi connectivity index (χ4v) is 3.03. The Morgan fingerprint density at radius 3 is 2.94 bits per heavy atom. The molecule has 18 heavy (non-hydrogen) atoms. The number of carbonyl (C=O) groups is 1. The lowest BCUT2D eigenvalue weighted by Gasteiger charge is -2.15. The van der Waals surface area contributed by atoms with Crippen LogP contribution in [0.1, 0.15) is 16.1 Å². The van der Waals surface area contributed by atoms with Crippen molar-refractivity contribution < 1.29 is 9.63 Å². The second-order valence-corrected chi connectivity index (χ2v) is 6.45. The van der Waals surface area contributed by atoms with Crippen molar-refractivity contribution in [1.82, 2.24) is 9.63 Å². The molecule has 2 heterocycles. The van der Waals surface area contributed by atoms with Gasteiger partial charge in [-0.3, -0.25) is 9.63 Å². The average molecular weight is 376 g/mol. The van der Waals surface area contributed by atoms with Crippen LogP contribution in [-0.4, -0.2) is 29.7 Å². The molecule has 1 amide bonds. The summed E-state index contributed by atoms with van der Waals surface area (Å²) in [5.41, 5.74) is 1.85. The third-order valence-corrected chi connectivity index (χ3v) is 4.84. The molecule has 0 N–H and O–H groups in total. The van der Waals surface area contributed by atoms with E-state index < -0.39 is 0 Å². The second-order valence-electron chi connectivity index (χ2n) is 3.73. The fourth-order valence-electron chi connectivity index (χ4n) is 1.61. The van der Waals surface area contributed by atoms with Gasteiger partial charge in [0.25, 0.3) is 5.91 Å². The van der Waals surface area contributed by atoms with E-state index >= 15 is 0 Å². The zero-order valence-corrected chi connectivity index (χ0v) is 13.1. The van der Waals surface area contributed by atoms with E-state index in [-0.39, 0.29) is 5.91 Å². The van der Waals surface area contributed by atoms with Crippen LogP contribution in [0, 0.1) is 2.88 Å². The molecule has 0 aliphatic rings. The van der Waals surface area contributed by atoms with Crippen molar-refractivity contribution in [3.63, 3.8) is 0 Å². The van der Waals surface area contributed by atoms with Crippen LogP contribution in [0.25, 0.3) is 0 Å². The molecule has 0 aromatic carbocycles. The predicted octanol–water partition coefficient (Wildman–Crippen LogP) is 2.84. The molecule has 2 rings (SSSR count). The van der Waals surface area contributed by atoms with Crippen LogP contribution in [0.4, 0.5) is 0 Å². The monoisotopic (exact) mass is 376 g/mol. The molecule has 0 saturated heterocycles. The zero-order chi connectivity index (χ0) is 13.1. The molecule has 0 spiro atoms. The number of halogens is 1. The van der Waals surface area contributed by atoms with Crippen LogP contribution in [-0.2, 0) is 11.4 Å². The molecule has 0 saturated carbocycles. The molecular weight excluding hydrogens is 363 g/mol. The first kappa shape index (κ1) is 13.6. The number of hydroxylamine groups is 2.